The van der Waals surface area contributed by atoms with E-state index in [1.165, 1.54) is 5.56 Å². The van der Waals surface area contributed by atoms with Crippen LogP contribution in [0.15, 0.2) is 24.3 Å². The molecule has 0 amide bonds. The highest BCUT2D eigenvalue weighted by atomic mass is 16.5. The Morgan fingerprint density at radius 3 is 2.53 bits per heavy atom. The highest BCUT2D eigenvalue weighted by Gasteiger charge is 2.33. The summed E-state index contributed by atoms with van der Waals surface area (Å²) in [5.41, 5.74) is 0.987. The summed E-state index contributed by atoms with van der Waals surface area (Å²) in [7, 11) is 3.48. The van der Waals surface area contributed by atoms with Crippen molar-refractivity contribution in [2.45, 2.75) is 45.3 Å². The van der Waals surface area contributed by atoms with Gasteiger partial charge in [0, 0.05) is 7.11 Å². The Hall–Kier alpha value is -1.06. The molecular formula is C16H27NO2. The average molecular weight is 265 g/mol. The lowest BCUT2D eigenvalue weighted by Gasteiger charge is -2.37. The van der Waals surface area contributed by atoms with Crippen molar-refractivity contribution in [3.05, 3.63) is 29.8 Å². The van der Waals surface area contributed by atoms with E-state index in [4.69, 9.17) is 9.47 Å². The molecule has 0 aliphatic carbocycles. The summed E-state index contributed by atoms with van der Waals surface area (Å²) in [5, 5.41) is 3.60. The largest absolute Gasteiger partial charge is 0.497 e. The molecule has 0 aliphatic rings. The molecule has 0 radical (unpaired) electrons. The van der Waals surface area contributed by atoms with Crippen LogP contribution in [0.25, 0.3) is 0 Å². The Labute approximate surface area is 117 Å². The molecule has 19 heavy (non-hydrogen) atoms. The predicted molar refractivity (Wildman–Crippen MR) is 79.7 cm³/mol. The van der Waals surface area contributed by atoms with E-state index >= 15 is 0 Å². The molecule has 2 unspecified atom stereocenters. The van der Waals surface area contributed by atoms with Crippen molar-refractivity contribution >= 4 is 0 Å². The smallest absolute Gasteiger partial charge is 0.119 e. The first-order valence-corrected chi connectivity index (χ1v) is 7.03. The van der Waals surface area contributed by atoms with E-state index in [0.29, 0.717) is 0 Å². The van der Waals surface area contributed by atoms with Gasteiger partial charge in [0.2, 0.25) is 0 Å². The van der Waals surface area contributed by atoms with E-state index in [1.807, 2.05) is 12.1 Å². The molecule has 0 heterocycles. The second-order valence-electron chi connectivity index (χ2n) is 5.03. The van der Waals surface area contributed by atoms with Gasteiger partial charge in [-0.3, -0.25) is 0 Å². The van der Waals surface area contributed by atoms with E-state index in [0.717, 1.165) is 25.1 Å². The van der Waals surface area contributed by atoms with Crippen LogP contribution in [0.2, 0.25) is 0 Å². The third-order valence-corrected chi connectivity index (χ3v) is 3.80. The highest BCUT2D eigenvalue weighted by Crippen LogP contribution is 2.33. The van der Waals surface area contributed by atoms with Crippen molar-refractivity contribution in [3.63, 3.8) is 0 Å². The topological polar surface area (TPSA) is 30.5 Å². The molecular weight excluding hydrogens is 238 g/mol. The highest BCUT2D eigenvalue weighted by molar-refractivity contribution is 5.32. The normalized spacial score (nSPS) is 15.8. The number of rotatable bonds is 8. The molecule has 0 bridgehead atoms. The van der Waals surface area contributed by atoms with Gasteiger partial charge >= 0.3 is 0 Å². The molecule has 0 aromatic heterocycles. The van der Waals surface area contributed by atoms with Gasteiger partial charge in [-0.25, -0.2) is 0 Å². The molecule has 1 aromatic rings. The van der Waals surface area contributed by atoms with E-state index in [-0.39, 0.29) is 11.6 Å². The van der Waals surface area contributed by atoms with Crippen molar-refractivity contribution in [2.24, 2.45) is 0 Å². The number of benzene rings is 1. The zero-order chi connectivity index (χ0) is 14.3. The number of methoxy groups -OCH3 is 2. The predicted octanol–water partition coefficient (Wildman–Crippen LogP) is 3.55. The van der Waals surface area contributed by atoms with E-state index in [2.05, 4.69) is 38.2 Å². The fraction of sp³-hybridized carbons (Fsp3) is 0.625. The first-order chi connectivity index (χ1) is 9.11. The van der Waals surface area contributed by atoms with E-state index in [1.54, 1.807) is 14.2 Å². The molecule has 2 atom stereocenters. The molecule has 3 nitrogen and oxygen atoms in total. The van der Waals surface area contributed by atoms with Gasteiger partial charge in [-0.05, 0) is 44.0 Å². The Morgan fingerprint density at radius 1 is 1.26 bits per heavy atom. The van der Waals surface area contributed by atoms with Crippen LogP contribution in [-0.2, 0) is 4.74 Å². The molecule has 1 N–H and O–H groups in total. The summed E-state index contributed by atoms with van der Waals surface area (Å²) in [5.74, 6) is 0.885. The maximum atomic E-state index is 5.77. The Bertz CT molecular complexity index is 375. The molecule has 1 aromatic carbocycles. The summed E-state index contributed by atoms with van der Waals surface area (Å²) in [6.07, 6.45) is 2.05. The SMILES string of the molecule is CCCNC(c1cccc(OC)c1)C(C)(CC)OC. The number of hydrogen-bond acceptors (Lipinski definition) is 3. The van der Waals surface area contributed by atoms with Gasteiger partial charge in [0.15, 0.2) is 0 Å². The zero-order valence-electron chi connectivity index (χ0n) is 12.8. The van der Waals surface area contributed by atoms with Crippen LogP contribution < -0.4 is 10.1 Å². The van der Waals surface area contributed by atoms with Gasteiger partial charge in [0.05, 0.1) is 18.8 Å². The molecule has 0 spiro atoms. The summed E-state index contributed by atoms with van der Waals surface area (Å²) in [4.78, 5) is 0. The fourth-order valence-corrected chi connectivity index (χ4v) is 2.26. The Balaban J connectivity index is 3.07. The lowest BCUT2D eigenvalue weighted by atomic mass is 9.87. The third-order valence-electron chi connectivity index (χ3n) is 3.80. The summed E-state index contributed by atoms with van der Waals surface area (Å²) < 4.78 is 11.1. The van der Waals surface area contributed by atoms with Gasteiger partial charge in [-0.15, -0.1) is 0 Å². The van der Waals surface area contributed by atoms with Crippen LogP contribution >= 0.6 is 0 Å². The minimum Gasteiger partial charge on any atom is -0.497 e. The molecule has 108 valence electrons. The maximum Gasteiger partial charge on any atom is 0.119 e. The van der Waals surface area contributed by atoms with Crippen LogP contribution in [0, 0.1) is 0 Å². The molecule has 0 saturated heterocycles. The summed E-state index contributed by atoms with van der Waals surface area (Å²) in [6, 6.07) is 8.37. The van der Waals surface area contributed by atoms with Gasteiger partial charge in [-0.2, -0.15) is 0 Å². The first-order valence-electron chi connectivity index (χ1n) is 7.03. The van der Waals surface area contributed by atoms with Crippen LogP contribution in [0.1, 0.15) is 45.2 Å². The Morgan fingerprint density at radius 2 is 2.00 bits per heavy atom. The molecule has 1 rings (SSSR count). The molecule has 0 saturated carbocycles. The van der Waals surface area contributed by atoms with Crippen molar-refractivity contribution < 1.29 is 9.47 Å². The second-order valence-corrected chi connectivity index (χ2v) is 5.03. The third kappa shape index (κ3) is 3.95. The number of hydrogen-bond donors (Lipinski definition) is 1. The minimum absolute atomic E-state index is 0.164. The van der Waals surface area contributed by atoms with Gasteiger partial charge < -0.3 is 14.8 Å². The molecule has 0 fully saturated rings. The van der Waals surface area contributed by atoms with Crippen molar-refractivity contribution in [2.75, 3.05) is 20.8 Å². The summed E-state index contributed by atoms with van der Waals surface area (Å²) >= 11 is 0. The zero-order valence-corrected chi connectivity index (χ0v) is 12.8. The van der Waals surface area contributed by atoms with Gasteiger partial charge in [-0.1, -0.05) is 26.0 Å². The quantitative estimate of drug-likeness (QED) is 0.779. The van der Waals surface area contributed by atoms with Crippen molar-refractivity contribution in [1.82, 2.24) is 5.32 Å². The standard InChI is InChI=1S/C16H27NO2/c1-6-11-17-15(16(3,7-2)19-5)13-9-8-10-14(12-13)18-4/h8-10,12,15,17H,6-7,11H2,1-5H3. The van der Waals surface area contributed by atoms with Crippen LogP contribution in [0.5, 0.6) is 5.75 Å². The van der Waals surface area contributed by atoms with E-state index in [9.17, 15) is 0 Å². The van der Waals surface area contributed by atoms with Gasteiger partial charge in [0.1, 0.15) is 5.75 Å². The lowest BCUT2D eigenvalue weighted by molar-refractivity contribution is -0.0299. The second kappa shape index (κ2) is 7.51. The lowest BCUT2D eigenvalue weighted by Crippen LogP contribution is -2.43. The number of ether oxygens (including phenoxy) is 2. The van der Waals surface area contributed by atoms with Crippen molar-refractivity contribution in [1.29, 1.82) is 0 Å². The van der Waals surface area contributed by atoms with Crippen LogP contribution in [-0.4, -0.2) is 26.4 Å². The number of nitrogens with one attached hydrogen (secondary N) is 1. The minimum atomic E-state index is -0.221. The average Bonchev–Trinajstić information content (AvgIpc) is 2.47. The maximum absolute atomic E-state index is 5.77. The van der Waals surface area contributed by atoms with Crippen LogP contribution in [0.3, 0.4) is 0 Å². The van der Waals surface area contributed by atoms with Gasteiger partial charge in [0.25, 0.3) is 0 Å². The molecule has 3 heteroatoms. The van der Waals surface area contributed by atoms with Crippen molar-refractivity contribution in [3.8, 4) is 5.75 Å². The molecule has 0 aliphatic heterocycles. The Kier molecular flexibility index (Phi) is 6.32. The monoisotopic (exact) mass is 265 g/mol. The fourth-order valence-electron chi connectivity index (χ4n) is 2.26. The summed E-state index contributed by atoms with van der Waals surface area (Å²) in [6.45, 7) is 7.46. The van der Waals surface area contributed by atoms with E-state index < -0.39 is 0 Å². The van der Waals surface area contributed by atoms with Crippen LogP contribution in [0.4, 0.5) is 0 Å². The first kappa shape index (κ1) is 16.0.